The average molecular weight is 291 g/mol. The third kappa shape index (κ3) is 4.70. The van der Waals surface area contributed by atoms with Crippen molar-refractivity contribution < 1.29 is 9.53 Å². The maximum absolute atomic E-state index is 11.9. The number of hydrogen-bond donors (Lipinski definition) is 2. The van der Waals surface area contributed by atoms with Crippen molar-refractivity contribution >= 4 is 6.09 Å². The van der Waals surface area contributed by atoms with Gasteiger partial charge in [-0.05, 0) is 51.7 Å². The Morgan fingerprint density at radius 1 is 1.43 bits per heavy atom. The van der Waals surface area contributed by atoms with Gasteiger partial charge in [0, 0.05) is 30.4 Å². The molecule has 0 bridgehead atoms. The first kappa shape index (κ1) is 15.8. The topological polar surface area (TPSA) is 77.2 Å². The minimum Gasteiger partial charge on any atom is -0.444 e. The summed E-state index contributed by atoms with van der Waals surface area (Å²) in [6.45, 7) is 5.59. The fraction of sp³-hybridized carbons (Fsp3) is 0.625. The van der Waals surface area contributed by atoms with Crippen LogP contribution in [0.4, 0.5) is 4.79 Å². The van der Waals surface area contributed by atoms with Gasteiger partial charge in [0.25, 0.3) is 0 Å². The number of rotatable bonds is 2. The van der Waals surface area contributed by atoms with Crippen LogP contribution in [0.1, 0.15) is 51.5 Å². The van der Waals surface area contributed by atoms with Crippen molar-refractivity contribution in [2.24, 2.45) is 5.73 Å². The van der Waals surface area contributed by atoms with Crippen molar-refractivity contribution in [3.63, 3.8) is 0 Å². The Morgan fingerprint density at radius 2 is 2.19 bits per heavy atom. The summed E-state index contributed by atoms with van der Waals surface area (Å²) in [5, 5.41) is 2.96. The summed E-state index contributed by atoms with van der Waals surface area (Å²) in [4.78, 5) is 16.0. The smallest absolute Gasteiger partial charge is 0.407 e. The van der Waals surface area contributed by atoms with E-state index in [0.717, 1.165) is 24.8 Å². The van der Waals surface area contributed by atoms with Gasteiger partial charge in [-0.3, -0.25) is 4.98 Å². The number of nitrogens with one attached hydrogen (secondary N) is 1. The number of carbonyl (C=O) groups is 1. The van der Waals surface area contributed by atoms with Crippen LogP contribution in [0.25, 0.3) is 0 Å². The molecule has 1 aromatic rings. The summed E-state index contributed by atoms with van der Waals surface area (Å²) in [5.41, 5.74) is 6.90. The van der Waals surface area contributed by atoms with Gasteiger partial charge in [0.15, 0.2) is 0 Å². The molecule has 2 rings (SSSR count). The lowest BCUT2D eigenvalue weighted by atomic mass is 9.78. The molecule has 0 radical (unpaired) electrons. The van der Waals surface area contributed by atoms with E-state index < -0.39 is 5.60 Å². The number of amides is 1. The molecule has 1 fully saturated rings. The summed E-state index contributed by atoms with van der Waals surface area (Å²) in [7, 11) is 0. The zero-order chi connectivity index (χ0) is 15.5. The lowest BCUT2D eigenvalue weighted by Gasteiger charge is -2.35. The molecular formula is C16H25N3O2. The van der Waals surface area contributed by atoms with E-state index in [0.29, 0.717) is 0 Å². The lowest BCUT2D eigenvalue weighted by molar-refractivity contribution is 0.0488. The molecule has 0 spiro atoms. The van der Waals surface area contributed by atoms with Crippen LogP contribution in [0.2, 0.25) is 0 Å². The van der Waals surface area contributed by atoms with Gasteiger partial charge >= 0.3 is 6.09 Å². The maximum Gasteiger partial charge on any atom is 0.407 e. The number of aromatic nitrogens is 1. The highest BCUT2D eigenvalue weighted by Crippen LogP contribution is 2.31. The van der Waals surface area contributed by atoms with Crippen LogP contribution in [0.5, 0.6) is 0 Å². The molecule has 1 heterocycles. The number of ether oxygens (including phenoxy) is 1. The van der Waals surface area contributed by atoms with Crippen molar-refractivity contribution in [2.75, 3.05) is 0 Å². The molecule has 3 N–H and O–H groups in total. The molecule has 1 aromatic heterocycles. The van der Waals surface area contributed by atoms with E-state index in [1.54, 1.807) is 6.20 Å². The molecule has 1 aliphatic rings. The van der Waals surface area contributed by atoms with Crippen LogP contribution in [-0.2, 0) is 4.74 Å². The number of nitrogens with two attached hydrogens (primary N) is 1. The van der Waals surface area contributed by atoms with Crippen molar-refractivity contribution in [3.8, 4) is 0 Å². The van der Waals surface area contributed by atoms with E-state index in [1.165, 1.54) is 0 Å². The SMILES string of the molecule is CC(C)(C)OC(=O)N[C@H]1CC[C@H](N)[C@@H](c2cccnc2)C1. The highest BCUT2D eigenvalue weighted by atomic mass is 16.6. The fourth-order valence-corrected chi connectivity index (χ4v) is 2.78. The van der Waals surface area contributed by atoms with Crippen LogP contribution in [0.15, 0.2) is 24.5 Å². The van der Waals surface area contributed by atoms with E-state index in [-0.39, 0.29) is 24.1 Å². The number of nitrogens with zero attached hydrogens (tertiary/aromatic N) is 1. The van der Waals surface area contributed by atoms with Gasteiger partial charge in [-0.2, -0.15) is 0 Å². The Morgan fingerprint density at radius 3 is 2.81 bits per heavy atom. The second-order valence-corrected chi connectivity index (χ2v) is 6.71. The molecule has 1 saturated carbocycles. The van der Waals surface area contributed by atoms with Crippen LogP contribution in [-0.4, -0.2) is 28.8 Å². The van der Waals surface area contributed by atoms with E-state index >= 15 is 0 Å². The van der Waals surface area contributed by atoms with Crippen LogP contribution >= 0.6 is 0 Å². The summed E-state index contributed by atoms with van der Waals surface area (Å²) < 4.78 is 5.31. The first-order valence-electron chi connectivity index (χ1n) is 7.50. The molecule has 0 aliphatic heterocycles. The van der Waals surface area contributed by atoms with E-state index in [1.807, 2.05) is 39.1 Å². The van der Waals surface area contributed by atoms with Crippen molar-refractivity contribution in [3.05, 3.63) is 30.1 Å². The van der Waals surface area contributed by atoms with Crippen LogP contribution < -0.4 is 11.1 Å². The predicted molar refractivity (Wildman–Crippen MR) is 82.0 cm³/mol. The highest BCUT2D eigenvalue weighted by Gasteiger charge is 2.31. The first-order valence-corrected chi connectivity index (χ1v) is 7.50. The zero-order valence-electron chi connectivity index (χ0n) is 13.0. The second kappa shape index (κ2) is 6.43. The van der Waals surface area contributed by atoms with Crippen molar-refractivity contribution in [1.29, 1.82) is 0 Å². The summed E-state index contributed by atoms with van der Waals surface area (Å²) in [6, 6.07) is 4.19. The number of alkyl carbamates (subject to hydrolysis) is 1. The van der Waals surface area contributed by atoms with Gasteiger partial charge in [-0.1, -0.05) is 6.07 Å². The summed E-state index contributed by atoms with van der Waals surface area (Å²) in [6.07, 6.45) is 5.87. The molecule has 5 nitrogen and oxygen atoms in total. The molecular weight excluding hydrogens is 266 g/mol. The van der Waals surface area contributed by atoms with E-state index in [9.17, 15) is 4.79 Å². The fourth-order valence-electron chi connectivity index (χ4n) is 2.78. The van der Waals surface area contributed by atoms with Gasteiger partial charge in [-0.15, -0.1) is 0 Å². The standard InChI is InChI=1S/C16H25N3O2/c1-16(2,3)21-15(20)19-12-6-7-14(17)13(9-12)11-5-4-8-18-10-11/h4-5,8,10,12-14H,6-7,9,17H2,1-3H3,(H,19,20)/t12-,13+,14-/m0/s1. The number of pyridine rings is 1. The normalized spacial score (nSPS) is 26.2. The third-order valence-corrected chi connectivity index (χ3v) is 3.74. The summed E-state index contributed by atoms with van der Waals surface area (Å²) >= 11 is 0. The number of carbonyl (C=O) groups excluding carboxylic acids is 1. The zero-order valence-corrected chi connectivity index (χ0v) is 13.0. The van der Waals surface area contributed by atoms with Gasteiger partial charge in [0.05, 0.1) is 0 Å². The molecule has 0 saturated heterocycles. The second-order valence-electron chi connectivity index (χ2n) is 6.71. The van der Waals surface area contributed by atoms with Gasteiger partial charge in [0.2, 0.25) is 0 Å². The minimum absolute atomic E-state index is 0.102. The molecule has 1 amide bonds. The summed E-state index contributed by atoms with van der Waals surface area (Å²) in [5.74, 6) is 0.229. The van der Waals surface area contributed by atoms with Crippen LogP contribution in [0, 0.1) is 0 Å². The van der Waals surface area contributed by atoms with Gasteiger partial charge in [0.1, 0.15) is 5.60 Å². The maximum atomic E-state index is 11.9. The molecule has 0 aromatic carbocycles. The lowest BCUT2D eigenvalue weighted by Crippen LogP contribution is -2.45. The molecule has 5 heteroatoms. The minimum atomic E-state index is -0.474. The van der Waals surface area contributed by atoms with E-state index in [2.05, 4.69) is 10.3 Å². The third-order valence-electron chi connectivity index (χ3n) is 3.74. The number of hydrogen-bond acceptors (Lipinski definition) is 4. The van der Waals surface area contributed by atoms with Gasteiger partial charge in [-0.25, -0.2) is 4.79 Å². The predicted octanol–water partition coefficient (Wildman–Crippen LogP) is 2.57. The highest BCUT2D eigenvalue weighted by molar-refractivity contribution is 5.68. The first-order chi connectivity index (χ1) is 9.85. The quantitative estimate of drug-likeness (QED) is 0.878. The Bertz CT molecular complexity index is 470. The Kier molecular flexibility index (Phi) is 4.83. The molecule has 0 unspecified atom stereocenters. The monoisotopic (exact) mass is 291 g/mol. The average Bonchev–Trinajstić information content (AvgIpc) is 2.40. The molecule has 3 atom stereocenters. The van der Waals surface area contributed by atoms with Crippen LogP contribution in [0.3, 0.4) is 0 Å². The Balaban J connectivity index is 1.96. The molecule has 1 aliphatic carbocycles. The molecule has 116 valence electrons. The Labute approximate surface area is 126 Å². The van der Waals surface area contributed by atoms with Crippen molar-refractivity contribution in [2.45, 2.75) is 63.6 Å². The van der Waals surface area contributed by atoms with Crippen molar-refractivity contribution in [1.82, 2.24) is 10.3 Å². The van der Waals surface area contributed by atoms with Gasteiger partial charge < -0.3 is 15.8 Å². The Hall–Kier alpha value is -1.62. The largest absolute Gasteiger partial charge is 0.444 e. The molecule has 21 heavy (non-hydrogen) atoms. The van der Waals surface area contributed by atoms with E-state index in [4.69, 9.17) is 10.5 Å².